The zero-order valence-electron chi connectivity index (χ0n) is 14.4. The maximum absolute atomic E-state index is 2.51. The van der Waals surface area contributed by atoms with Gasteiger partial charge in [0.15, 0.2) is 0 Å². The van der Waals surface area contributed by atoms with E-state index in [-0.39, 0.29) is 0 Å². The second kappa shape index (κ2) is 12.5. The average molecular weight is 372 g/mol. The van der Waals surface area contributed by atoms with Crippen molar-refractivity contribution in [2.75, 3.05) is 40.3 Å². The minimum absolute atomic E-state index is 1.05. The van der Waals surface area contributed by atoms with Crippen LogP contribution in [-0.2, 0) is 0 Å². The molecule has 114 valence electrons. The number of rotatable bonds is 12. The van der Waals surface area contributed by atoms with E-state index >= 15 is 0 Å². The van der Waals surface area contributed by atoms with Gasteiger partial charge in [0.05, 0.1) is 0 Å². The van der Waals surface area contributed by atoms with Crippen molar-refractivity contribution in [2.45, 2.75) is 59.0 Å². The molecule has 2 nitrogen and oxygen atoms in total. The molecule has 0 aliphatic carbocycles. The molecule has 0 spiro atoms. The molecule has 0 aliphatic heterocycles. The van der Waals surface area contributed by atoms with Gasteiger partial charge in [-0.2, -0.15) is 0 Å². The van der Waals surface area contributed by atoms with Crippen molar-refractivity contribution in [3.63, 3.8) is 0 Å². The number of hydrogen-bond acceptors (Lipinski definition) is 2. The molecule has 0 aromatic rings. The van der Waals surface area contributed by atoms with E-state index < -0.39 is 21.4 Å². The van der Waals surface area contributed by atoms with E-state index in [0.717, 1.165) is 3.67 Å². The van der Waals surface area contributed by atoms with Gasteiger partial charge in [-0.05, 0) is 0 Å². The molecule has 0 heterocycles. The summed E-state index contributed by atoms with van der Waals surface area (Å²) in [5.74, 6) is 0. The van der Waals surface area contributed by atoms with Gasteiger partial charge >= 0.3 is 130 Å². The Labute approximate surface area is 130 Å². The van der Waals surface area contributed by atoms with Gasteiger partial charge in [-0.1, -0.05) is 0 Å². The van der Waals surface area contributed by atoms with E-state index in [1.54, 1.807) is 8.35 Å². The van der Waals surface area contributed by atoms with Crippen LogP contribution in [0.15, 0.2) is 0 Å². The topological polar surface area (TPSA) is 6.48 Å². The molecule has 3 heteroatoms. The molecule has 0 saturated heterocycles. The summed E-state index contributed by atoms with van der Waals surface area (Å²) >= 11 is -1.24. The quantitative estimate of drug-likeness (QED) is 0.512. The van der Waals surface area contributed by atoms with Gasteiger partial charge in [-0.15, -0.1) is 0 Å². The molecular formula is C16H37InN2. The molecule has 0 rings (SSSR count). The first-order chi connectivity index (χ1) is 9.01. The molecule has 19 heavy (non-hydrogen) atoms. The van der Waals surface area contributed by atoms with E-state index in [1.165, 1.54) is 45.4 Å². The minimum atomic E-state index is -1.24. The Kier molecular flexibility index (Phi) is 13.0. The zero-order valence-corrected chi connectivity index (χ0v) is 17.7. The summed E-state index contributed by atoms with van der Waals surface area (Å²) in [6.45, 7) is 14.6. The molecule has 0 bridgehead atoms. The van der Waals surface area contributed by atoms with E-state index in [1.807, 2.05) is 0 Å². The monoisotopic (exact) mass is 372 g/mol. The Morgan fingerprint density at radius 1 is 0.842 bits per heavy atom. The van der Waals surface area contributed by atoms with Crippen LogP contribution in [0.1, 0.15) is 47.0 Å². The fraction of sp³-hybridized carbons (Fsp3) is 1.00. The van der Waals surface area contributed by atoms with Gasteiger partial charge in [0.2, 0.25) is 0 Å². The van der Waals surface area contributed by atoms with Gasteiger partial charge in [0.1, 0.15) is 0 Å². The van der Waals surface area contributed by atoms with Crippen LogP contribution in [0.4, 0.5) is 0 Å². The van der Waals surface area contributed by atoms with Crippen molar-refractivity contribution in [2.24, 2.45) is 0 Å². The summed E-state index contributed by atoms with van der Waals surface area (Å²) in [5.41, 5.74) is 0. The van der Waals surface area contributed by atoms with Crippen molar-refractivity contribution < 1.29 is 0 Å². The summed E-state index contributed by atoms with van der Waals surface area (Å²) in [5, 5.41) is 0. The number of hydrogen-bond donors (Lipinski definition) is 0. The SMILES string of the molecule is CCCN(C)CC[CH2][In]([CH2]CCN(C)CC)[CH](C)C. The molecule has 0 N–H and O–H groups in total. The fourth-order valence-electron chi connectivity index (χ4n) is 2.71. The predicted octanol–water partition coefficient (Wildman–Crippen LogP) is 3.96. The molecule has 0 radical (unpaired) electrons. The second-order valence-corrected chi connectivity index (χ2v) is 17.9. The van der Waals surface area contributed by atoms with Gasteiger partial charge in [0, 0.05) is 0 Å². The summed E-state index contributed by atoms with van der Waals surface area (Å²) in [6.07, 6.45) is 4.20. The van der Waals surface area contributed by atoms with Crippen LogP contribution in [0.25, 0.3) is 0 Å². The first-order valence-electron chi connectivity index (χ1n) is 8.38. The normalized spacial score (nSPS) is 11.8. The first kappa shape index (κ1) is 19.8. The average Bonchev–Trinajstić information content (AvgIpc) is 2.36. The summed E-state index contributed by atoms with van der Waals surface area (Å²) in [6, 6.07) is 0. The maximum atomic E-state index is 2.51. The Hall–Kier alpha value is 0.790. The van der Waals surface area contributed by atoms with E-state index in [9.17, 15) is 0 Å². The van der Waals surface area contributed by atoms with Crippen LogP contribution in [0.3, 0.4) is 0 Å². The Morgan fingerprint density at radius 2 is 1.37 bits per heavy atom. The van der Waals surface area contributed by atoms with Crippen LogP contribution in [0.2, 0.25) is 12.0 Å². The summed E-state index contributed by atoms with van der Waals surface area (Å²) in [4.78, 5) is 4.96. The standard InChI is InChI=1S/C7H16N.C6H14N.C3H7.In/c1-4-6-8(3)7-5-2;1-4-6-7(3)5-2;1-3-2;/h1,4-7H2,2-3H3;1,4-6H2,2-3H3;3H,1-2H3;. The van der Waals surface area contributed by atoms with Crippen molar-refractivity contribution in [3.05, 3.63) is 0 Å². The zero-order chi connectivity index (χ0) is 14.7. The molecule has 0 atom stereocenters. The molecule has 0 saturated carbocycles. The third kappa shape index (κ3) is 11.2. The molecule has 0 aromatic carbocycles. The van der Waals surface area contributed by atoms with E-state index in [0.29, 0.717) is 0 Å². The van der Waals surface area contributed by atoms with Gasteiger partial charge in [-0.25, -0.2) is 0 Å². The summed E-state index contributed by atoms with van der Waals surface area (Å²) in [7, 11) is 4.53. The summed E-state index contributed by atoms with van der Waals surface area (Å²) < 4.78 is 4.27. The predicted molar refractivity (Wildman–Crippen MR) is 90.7 cm³/mol. The van der Waals surface area contributed by atoms with Crippen LogP contribution < -0.4 is 0 Å². The van der Waals surface area contributed by atoms with Crippen LogP contribution in [0, 0.1) is 0 Å². The third-order valence-electron chi connectivity index (χ3n) is 4.32. The van der Waals surface area contributed by atoms with Gasteiger partial charge in [0.25, 0.3) is 0 Å². The van der Waals surface area contributed by atoms with Crippen molar-refractivity contribution in [1.29, 1.82) is 0 Å². The Bertz CT molecular complexity index is 197. The first-order valence-corrected chi connectivity index (χ1v) is 14.9. The Balaban J connectivity index is 3.80. The van der Waals surface area contributed by atoms with E-state index in [2.05, 4.69) is 51.6 Å². The second-order valence-electron chi connectivity index (χ2n) is 6.49. The van der Waals surface area contributed by atoms with Crippen LogP contribution in [0.5, 0.6) is 0 Å². The van der Waals surface area contributed by atoms with E-state index in [4.69, 9.17) is 0 Å². The molecule has 0 unspecified atom stereocenters. The third-order valence-corrected chi connectivity index (χ3v) is 16.3. The molecule has 0 aliphatic rings. The van der Waals surface area contributed by atoms with Crippen molar-refractivity contribution in [3.8, 4) is 0 Å². The van der Waals surface area contributed by atoms with Gasteiger partial charge < -0.3 is 0 Å². The fourth-order valence-corrected chi connectivity index (χ4v) is 11.4. The van der Waals surface area contributed by atoms with Crippen molar-refractivity contribution >= 4 is 21.4 Å². The molecule has 0 aromatic heterocycles. The molecule has 0 fully saturated rings. The molecular weight excluding hydrogens is 335 g/mol. The Morgan fingerprint density at radius 3 is 1.79 bits per heavy atom. The van der Waals surface area contributed by atoms with Crippen molar-refractivity contribution in [1.82, 2.24) is 9.80 Å². The number of nitrogens with zero attached hydrogens (tertiary/aromatic N) is 2. The van der Waals surface area contributed by atoms with Crippen LogP contribution in [-0.4, -0.2) is 71.5 Å². The van der Waals surface area contributed by atoms with Crippen LogP contribution >= 0.6 is 0 Å². The van der Waals surface area contributed by atoms with Gasteiger partial charge in [-0.3, -0.25) is 0 Å². The molecule has 0 amide bonds.